The van der Waals surface area contributed by atoms with Crippen LogP contribution in [-0.2, 0) is 20.8 Å². The second-order valence-corrected chi connectivity index (χ2v) is 4.46. The predicted octanol–water partition coefficient (Wildman–Crippen LogP) is -1.03. The maximum atomic E-state index is 11.7. The van der Waals surface area contributed by atoms with Gasteiger partial charge in [-0.25, -0.2) is 9.78 Å². The van der Waals surface area contributed by atoms with Crippen LogP contribution in [0.2, 0.25) is 0 Å². The first-order chi connectivity index (χ1) is 9.93. The molecule has 0 aliphatic carbocycles. The molecular formula is C12H18N4O5. The van der Waals surface area contributed by atoms with Crippen molar-refractivity contribution in [3.8, 4) is 0 Å². The number of hydrogen-bond acceptors (Lipinski definition) is 5. The van der Waals surface area contributed by atoms with E-state index in [2.05, 4.69) is 20.6 Å². The van der Waals surface area contributed by atoms with Crippen molar-refractivity contribution in [3.63, 3.8) is 0 Å². The number of amides is 1. The molecule has 1 aromatic heterocycles. The zero-order valence-electron chi connectivity index (χ0n) is 11.5. The second kappa shape index (κ2) is 8.00. The number of carboxylic acid groups (broad SMARTS) is 2. The lowest BCUT2D eigenvalue weighted by Gasteiger charge is -2.15. The van der Waals surface area contributed by atoms with Gasteiger partial charge >= 0.3 is 11.9 Å². The summed E-state index contributed by atoms with van der Waals surface area (Å²) in [6.45, 7) is 0. The monoisotopic (exact) mass is 298 g/mol. The van der Waals surface area contributed by atoms with Gasteiger partial charge in [0.2, 0.25) is 5.91 Å². The first kappa shape index (κ1) is 16.6. The smallest absolute Gasteiger partial charge is 0.326 e. The van der Waals surface area contributed by atoms with Crippen molar-refractivity contribution < 1.29 is 24.6 Å². The second-order valence-electron chi connectivity index (χ2n) is 4.46. The third kappa shape index (κ3) is 5.61. The number of aliphatic carboxylic acids is 2. The summed E-state index contributed by atoms with van der Waals surface area (Å²) in [6.07, 6.45) is 2.97. The summed E-state index contributed by atoms with van der Waals surface area (Å²) < 4.78 is 0. The number of likely N-dealkylation sites (N-methyl/N-ethyl adjacent to an activating group) is 1. The summed E-state index contributed by atoms with van der Waals surface area (Å²) in [5, 5.41) is 22.8. The van der Waals surface area contributed by atoms with Gasteiger partial charge in [0, 0.05) is 24.7 Å². The molecule has 2 atom stereocenters. The zero-order chi connectivity index (χ0) is 15.8. The van der Waals surface area contributed by atoms with Gasteiger partial charge in [-0.05, 0) is 13.5 Å². The number of carbonyl (C=O) groups excluding carboxylic acids is 1. The average molecular weight is 298 g/mol. The summed E-state index contributed by atoms with van der Waals surface area (Å²) in [4.78, 5) is 40.1. The molecule has 9 nitrogen and oxygen atoms in total. The highest BCUT2D eigenvalue weighted by Crippen LogP contribution is 2.02. The maximum Gasteiger partial charge on any atom is 0.326 e. The number of aromatic amines is 1. The average Bonchev–Trinajstić information content (AvgIpc) is 2.91. The van der Waals surface area contributed by atoms with Gasteiger partial charge in [0.1, 0.15) is 12.1 Å². The number of H-pyrrole nitrogens is 1. The fourth-order valence-electron chi connectivity index (χ4n) is 1.75. The van der Waals surface area contributed by atoms with E-state index in [1.165, 1.54) is 19.6 Å². The minimum absolute atomic E-state index is 0.0774. The molecule has 0 aliphatic rings. The SMILES string of the molecule is CN[C@@H](CCC(=O)N[C@@H](Cc1cnc[nH]1)C(=O)O)C(=O)O. The molecule has 21 heavy (non-hydrogen) atoms. The van der Waals surface area contributed by atoms with E-state index >= 15 is 0 Å². The molecule has 116 valence electrons. The van der Waals surface area contributed by atoms with Crippen molar-refractivity contribution in [3.05, 3.63) is 18.2 Å². The van der Waals surface area contributed by atoms with Gasteiger partial charge in [-0.2, -0.15) is 0 Å². The highest BCUT2D eigenvalue weighted by Gasteiger charge is 2.22. The molecular weight excluding hydrogens is 280 g/mol. The Kier molecular flexibility index (Phi) is 6.34. The molecule has 0 saturated carbocycles. The van der Waals surface area contributed by atoms with Crippen LogP contribution in [-0.4, -0.2) is 57.2 Å². The summed E-state index contributed by atoms with van der Waals surface area (Å²) >= 11 is 0. The molecule has 0 radical (unpaired) electrons. The van der Waals surface area contributed by atoms with Crippen molar-refractivity contribution >= 4 is 17.8 Å². The van der Waals surface area contributed by atoms with Gasteiger partial charge in [0.15, 0.2) is 0 Å². The van der Waals surface area contributed by atoms with Crippen LogP contribution in [0.1, 0.15) is 18.5 Å². The molecule has 0 saturated heterocycles. The Morgan fingerprint density at radius 1 is 1.29 bits per heavy atom. The molecule has 0 unspecified atom stereocenters. The normalized spacial score (nSPS) is 13.4. The van der Waals surface area contributed by atoms with E-state index in [0.717, 1.165) is 0 Å². The van der Waals surface area contributed by atoms with Crippen LogP contribution >= 0.6 is 0 Å². The van der Waals surface area contributed by atoms with E-state index in [1.54, 1.807) is 0 Å². The van der Waals surface area contributed by atoms with E-state index < -0.39 is 29.9 Å². The van der Waals surface area contributed by atoms with Gasteiger partial charge in [0.05, 0.1) is 6.33 Å². The highest BCUT2D eigenvalue weighted by molar-refractivity contribution is 5.84. The third-order valence-corrected chi connectivity index (χ3v) is 2.92. The standard InChI is InChI=1S/C12H18N4O5/c1-13-8(11(18)19)2-3-10(17)16-9(12(20)21)4-7-5-14-6-15-7/h5-6,8-9,13H,2-4H2,1H3,(H,14,15)(H,16,17)(H,18,19)(H,20,21)/t8-,9-/m0/s1. The Morgan fingerprint density at radius 2 is 1.95 bits per heavy atom. The molecule has 1 amide bonds. The van der Waals surface area contributed by atoms with Gasteiger partial charge in [0.25, 0.3) is 0 Å². The van der Waals surface area contributed by atoms with Crippen molar-refractivity contribution in [2.75, 3.05) is 7.05 Å². The molecule has 0 aliphatic heterocycles. The molecule has 0 aromatic carbocycles. The van der Waals surface area contributed by atoms with Crippen molar-refractivity contribution in [1.82, 2.24) is 20.6 Å². The van der Waals surface area contributed by atoms with Crippen LogP contribution in [0.5, 0.6) is 0 Å². The fourth-order valence-corrected chi connectivity index (χ4v) is 1.75. The number of aromatic nitrogens is 2. The van der Waals surface area contributed by atoms with Gasteiger partial charge < -0.3 is 25.8 Å². The molecule has 1 heterocycles. The molecule has 5 N–H and O–H groups in total. The Balaban J connectivity index is 2.49. The van der Waals surface area contributed by atoms with Crippen LogP contribution in [0.4, 0.5) is 0 Å². The van der Waals surface area contributed by atoms with E-state index in [0.29, 0.717) is 5.69 Å². The molecule has 9 heteroatoms. The number of carboxylic acids is 2. The minimum atomic E-state index is -1.17. The van der Waals surface area contributed by atoms with Crippen molar-refractivity contribution in [1.29, 1.82) is 0 Å². The topological polar surface area (TPSA) is 144 Å². The maximum absolute atomic E-state index is 11.7. The third-order valence-electron chi connectivity index (χ3n) is 2.92. The lowest BCUT2D eigenvalue weighted by atomic mass is 10.1. The predicted molar refractivity (Wildman–Crippen MR) is 71.6 cm³/mol. The number of imidazole rings is 1. The molecule has 0 bridgehead atoms. The molecule has 0 fully saturated rings. The molecule has 1 rings (SSSR count). The fraction of sp³-hybridized carbons (Fsp3) is 0.500. The van der Waals surface area contributed by atoms with Gasteiger partial charge in [-0.15, -0.1) is 0 Å². The van der Waals surface area contributed by atoms with Crippen LogP contribution < -0.4 is 10.6 Å². The minimum Gasteiger partial charge on any atom is -0.480 e. The van der Waals surface area contributed by atoms with Crippen LogP contribution in [0, 0.1) is 0 Å². The van der Waals surface area contributed by atoms with E-state index in [-0.39, 0.29) is 19.3 Å². The Morgan fingerprint density at radius 3 is 2.43 bits per heavy atom. The lowest BCUT2D eigenvalue weighted by molar-refractivity contribution is -0.142. The van der Waals surface area contributed by atoms with Gasteiger partial charge in [-0.3, -0.25) is 9.59 Å². The number of nitrogens with zero attached hydrogens (tertiary/aromatic N) is 1. The number of nitrogens with one attached hydrogen (secondary N) is 3. The number of carbonyl (C=O) groups is 3. The highest BCUT2D eigenvalue weighted by atomic mass is 16.4. The van der Waals surface area contributed by atoms with E-state index in [9.17, 15) is 14.4 Å². The van der Waals surface area contributed by atoms with Crippen LogP contribution in [0.15, 0.2) is 12.5 Å². The first-order valence-corrected chi connectivity index (χ1v) is 6.33. The summed E-state index contributed by atoms with van der Waals surface area (Å²) in [5.74, 6) is -2.73. The van der Waals surface area contributed by atoms with E-state index in [1.807, 2.05) is 0 Å². The quantitative estimate of drug-likeness (QED) is 0.392. The lowest BCUT2D eigenvalue weighted by Crippen LogP contribution is -2.43. The first-order valence-electron chi connectivity index (χ1n) is 6.33. The van der Waals surface area contributed by atoms with Crippen LogP contribution in [0.25, 0.3) is 0 Å². The summed E-state index contributed by atoms with van der Waals surface area (Å²) in [5.41, 5.74) is 0.585. The Labute approximate surface area is 120 Å². The van der Waals surface area contributed by atoms with Crippen molar-refractivity contribution in [2.24, 2.45) is 0 Å². The van der Waals surface area contributed by atoms with E-state index in [4.69, 9.17) is 10.2 Å². The Bertz CT molecular complexity index is 488. The zero-order valence-corrected chi connectivity index (χ0v) is 11.5. The van der Waals surface area contributed by atoms with Gasteiger partial charge in [-0.1, -0.05) is 0 Å². The summed E-state index contributed by atoms with van der Waals surface area (Å²) in [6, 6.07) is -1.93. The number of rotatable bonds is 9. The molecule has 0 spiro atoms. The summed E-state index contributed by atoms with van der Waals surface area (Å²) in [7, 11) is 1.48. The van der Waals surface area contributed by atoms with Crippen molar-refractivity contribution in [2.45, 2.75) is 31.3 Å². The number of hydrogen-bond donors (Lipinski definition) is 5. The Hall–Kier alpha value is -2.42. The molecule has 1 aromatic rings. The largest absolute Gasteiger partial charge is 0.480 e. The van der Waals surface area contributed by atoms with Crippen LogP contribution in [0.3, 0.4) is 0 Å².